The number of para-hydroxylation sites is 1. The molecule has 0 atom stereocenters. The number of H-pyrrole nitrogens is 1. The van der Waals surface area contributed by atoms with Crippen LogP contribution >= 0.6 is 0 Å². The van der Waals surface area contributed by atoms with Gasteiger partial charge in [-0.25, -0.2) is 4.98 Å². The van der Waals surface area contributed by atoms with Crippen LogP contribution in [0.2, 0.25) is 0 Å². The lowest BCUT2D eigenvalue weighted by molar-refractivity contribution is -0.120. The number of rotatable bonds is 6. The summed E-state index contributed by atoms with van der Waals surface area (Å²) in [6.45, 7) is 1.81. The fraction of sp³-hybridized carbons (Fsp3) is 0.185. The molecule has 0 fully saturated rings. The molecule has 4 aromatic rings. The highest BCUT2D eigenvalue weighted by molar-refractivity contribution is 5.98. The lowest BCUT2D eigenvalue weighted by atomic mass is 10.00. The third-order valence-electron chi connectivity index (χ3n) is 6.20. The molecule has 0 aliphatic carbocycles. The van der Waals surface area contributed by atoms with Crippen LogP contribution < -0.4 is 21.0 Å². The van der Waals surface area contributed by atoms with Gasteiger partial charge < -0.3 is 20.5 Å². The minimum Gasteiger partial charge on any atom is -0.360 e. The smallest absolute Gasteiger partial charge is 0.257 e. The van der Waals surface area contributed by atoms with Gasteiger partial charge in [-0.05, 0) is 41.3 Å². The summed E-state index contributed by atoms with van der Waals surface area (Å²) in [7, 11) is 0. The van der Waals surface area contributed by atoms with Crippen LogP contribution in [0.25, 0.3) is 10.9 Å². The van der Waals surface area contributed by atoms with Gasteiger partial charge in [0.15, 0.2) is 0 Å². The molecule has 35 heavy (non-hydrogen) atoms. The molecular formula is C27H25N5O3. The van der Waals surface area contributed by atoms with Crippen LogP contribution in [0.15, 0.2) is 77.9 Å². The molecule has 0 saturated heterocycles. The van der Waals surface area contributed by atoms with Crippen molar-refractivity contribution in [2.24, 2.45) is 0 Å². The molecule has 5 rings (SSSR count). The maximum absolute atomic E-state index is 12.5. The Hall–Kier alpha value is -4.46. The lowest BCUT2D eigenvalue weighted by Crippen LogP contribution is -2.38. The van der Waals surface area contributed by atoms with Gasteiger partial charge in [-0.1, -0.05) is 42.5 Å². The van der Waals surface area contributed by atoms with Crippen molar-refractivity contribution in [3.05, 3.63) is 106 Å². The Bertz CT molecular complexity index is 1450. The van der Waals surface area contributed by atoms with Gasteiger partial charge in [0.25, 0.3) is 5.91 Å². The van der Waals surface area contributed by atoms with E-state index in [1.54, 1.807) is 30.5 Å². The number of nitrogens with zero attached hydrogens (tertiary/aromatic N) is 2. The van der Waals surface area contributed by atoms with Crippen LogP contribution in [0.4, 0.5) is 5.82 Å². The molecule has 1 aliphatic rings. The van der Waals surface area contributed by atoms with E-state index in [4.69, 9.17) is 0 Å². The average Bonchev–Trinajstić information content (AvgIpc) is 2.91. The molecule has 2 amide bonds. The van der Waals surface area contributed by atoms with E-state index in [0.717, 1.165) is 30.9 Å². The largest absolute Gasteiger partial charge is 0.360 e. The fourth-order valence-electron chi connectivity index (χ4n) is 4.25. The monoisotopic (exact) mass is 467 g/mol. The van der Waals surface area contributed by atoms with E-state index < -0.39 is 5.91 Å². The Balaban J connectivity index is 1.12. The normalized spacial score (nSPS) is 12.7. The van der Waals surface area contributed by atoms with Crippen molar-refractivity contribution in [2.75, 3.05) is 18.0 Å². The third kappa shape index (κ3) is 4.91. The first kappa shape index (κ1) is 22.3. The Morgan fingerprint density at radius 2 is 1.77 bits per heavy atom. The van der Waals surface area contributed by atoms with Gasteiger partial charge >= 0.3 is 0 Å². The maximum Gasteiger partial charge on any atom is 0.257 e. The van der Waals surface area contributed by atoms with Crippen molar-refractivity contribution < 1.29 is 9.59 Å². The summed E-state index contributed by atoms with van der Waals surface area (Å²) in [6.07, 6.45) is 4.11. The summed E-state index contributed by atoms with van der Waals surface area (Å²) in [4.78, 5) is 47.0. The highest BCUT2D eigenvalue weighted by atomic mass is 16.2. The number of hydrogen-bond donors (Lipinski definition) is 3. The summed E-state index contributed by atoms with van der Waals surface area (Å²) in [5, 5.41) is 5.70. The van der Waals surface area contributed by atoms with Gasteiger partial charge in [0, 0.05) is 42.9 Å². The number of aromatic amines is 1. The van der Waals surface area contributed by atoms with Crippen LogP contribution in [0.1, 0.15) is 27.0 Å². The molecule has 3 N–H and O–H groups in total. The molecule has 3 heterocycles. The molecule has 0 unspecified atom stereocenters. The predicted octanol–water partition coefficient (Wildman–Crippen LogP) is 2.53. The summed E-state index contributed by atoms with van der Waals surface area (Å²) < 4.78 is 0. The second-order valence-electron chi connectivity index (χ2n) is 8.50. The van der Waals surface area contributed by atoms with Crippen molar-refractivity contribution >= 4 is 28.5 Å². The second kappa shape index (κ2) is 9.80. The second-order valence-corrected chi connectivity index (χ2v) is 8.50. The van der Waals surface area contributed by atoms with E-state index in [2.05, 4.69) is 49.8 Å². The first-order valence-corrected chi connectivity index (χ1v) is 11.5. The van der Waals surface area contributed by atoms with E-state index in [0.29, 0.717) is 17.4 Å². The Morgan fingerprint density at radius 3 is 2.60 bits per heavy atom. The first-order chi connectivity index (χ1) is 17.1. The number of hydrogen-bond acceptors (Lipinski definition) is 5. The minimum atomic E-state index is -0.596. The molecule has 0 saturated carbocycles. The Kier molecular flexibility index (Phi) is 6.26. The number of carbonyl (C=O) groups is 2. The number of aromatic nitrogens is 2. The van der Waals surface area contributed by atoms with Crippen molar-refractivity contribution in [3.63, 3.8) is 0 Å². The molecular weight excluding hydrogens is 442 g/mol. The quantitative estimate of drug-likeness (QED) is 0.404. The molecule has 8 nitrogen and oxygen atoms in total. The summed E-state index contributed by atoms with van der Waals surface area (Å²) >= 11 is 0. The van der Waals surface area contributed by atoms with Crippen LogP contribution in [0.5, 0.6) is 0 Å². The SMILES string of the molecule is O=C(CNC(=O)c1c[nH]c2ccccc2c1=O)NCc1ccc(N2CCc3ccccc3C2)nc1. The zero-order valence-corrected chi connectivity index (χ0v) is 19.1. The number of carbonyl (C=O) groups excluding carboxylic acids is 2. The summed E-state index contributed by atoms with van der Waals surface area (Å²) in [6, 6.07) is 19.3. The summed E-state index contributed by atoms with van der Waals surface area (Å²) in [5.41, 5.74) is 3.82. The molecule has 0 bridgehead atoms. The number of fused-ring (bicyclic) bond motifs is 2. The lowest BCUT2D eigenvalue weighted by Gasteiger charge is -2.29. The van der Waals surface area contributed by atoms with E-state index in [1.165, 1.54) is 17.3 Å². The van der Waals surface area contributed by atoms with Crippen molar-refractivity contribution in [3.8, 4) is 0 Å². The van der Waals surface area contributed by atoms with Gasteiger partial charge in [0.1, 0.15) is 11.4 Å². The number of benzene rings is 2. The molecule has 0 spiro atoms. The fourth-order valence-corrected chi connectivity index (χ4v) is 4.25. The predicted molar refractivity (Wildman–Crippen MR) is 134 cm³/mol. The van der Waals surface area contributed by atoms with Crippen LogP contribution in [-0.2, 0) is 24.3 Å². The molecule has 176 valence electrons. The molecule has 0 radical (unpaired) electrons. The van der Waals surface area contributed by atoms with Crippen LogP contribution in [-0.4, -0.2) is 34.9 Å². The molecule has 8 heteroatoms. The van der Waals surface area contributed by atoms with Crippen molar-refractivity contribution in [1.29, 1.82) is 0 Å². The Morgan fingerprint density at radius 1 is 0.971 bits per heavy atom. The number of pyridine rings is 2. The third-order valence-corrected chi connectivity index (χ3v) is 6.20. The maximum atomic E-state index is 12.5. The topological polar surface area (TPSA) is 107 Å². The van der Waals surface area contributed by atoms with E-state index in [9.17, 15) is 14.4 Å². The van der Waals surface area contributed by atoms with Crippen molar-refractivity contribution in [1.82, 2.24) is 20.6 Å². The van der Waals surface area contributed by atoms with Crippen LogP contribution in [0.3, 0.4) is 0 Å². The van der Waals surface area contributed by atoms with E-state index in [1.807, 2.05) is 12.1 Å². The zero-order chi connectivity index (χ0) is 24.2. The van der Waals surface area contributed by atoms with Gasteiger partial charge in [0.05, 0.1) is 6.54 Å². The first-order valence-electron chi connectivity index (χ1n) is 11.5. The highest BCUT2D eigenvalue weighted by Crippen LogP contribution is 2.23. The Labute approximate surface area is 202 Å². The minimum absolute atomic E-state index is 0.0309. The summed E-state index contributed by atoms with van der Waals surface area (Å²) in [5.74, 6) is -0.0454. The van der Waals surface area contributed by atoms with E-state index >= 15 is 0 Å². The van der Waals surface area contributed by atoms with Gasteiger partial charge in [0.2, 0.25) is 11.3 Å². The number of amides is 2. The number of anilines is 1. The van der Waals surface area contributed by atoms with Crippen molar-refractivity contribution in [2.45, 2.75) is 19.5 Å². The van der Waals surface area contributed by atoms with E-state index in [-0.39, 0.29) is 23.4 Å². The molecule has 1 aliphatic heterocycles. The standard InChI is InChI=1S/C27H25N5O3/c33-25(16-31-27(35)22-15-28-23-8-4-3-7-21(23)26(22)34)30-14-18-9-10-24(29-13-18)32-12-11-19-5-1-2-6-20(19)17-32/h1-10,13,15H,11-12,14,16-17H2,(H,28,34)(H,30,33)(H,31,35). The van der Waals surface area contributed by atoms with Gasteiger partial charge in [-0.2, -0.15) is 0 Å². The molecule has 2 aromatic carbocycles. The van der Waals surface area contributed by atoms with Crippen LogP contribution in [0, 0.1) is 0 Å². The van der Waals surface area contributed by atoms with Gasteiger partial charge in [-0.15, -0.1) is 0 Å². The average molecular weight is 468 g/mol. The number of nitrogens with one attached hydrogen (secondary N) is 3. The highest BCUT2D eigenvalue weighted by Gasteiger charge is 2.17. The molecule has 2 aromatic heterocycles. The zero-order valence-electron chi connectivity index (χ0n) is 19.1. The van der Waals surface area contributed by atoms with Gasteiger partial charge in [-0.3, -0.25) is 14.4 Å².